The number of hydrogen-bond acceptors (Lipinski definition) is 2. The van der Waals surface area contributed by atoms with Crippen LogP contribution in [0.5, 0.6) is 0 Å². The Morgan fingerprint density at radius 1 is 1.41 bits per heavy atom. The second-order valence-electron chi connectivity index (χ2n) is 4.44. The van der Waals surface area contributed by atoms with E-state index in [1.807, 2.05) is 35.1 Å². The fraction of sp³-hybridized carbons (Fsp3) is 0.286. The van der Waals surface area contributed by atoms with Gasteiger partial charge in [0.1, 0.15) is 0 Å². The summed E-state index contributed by atoms with van der Waals surface area (Å²) in [4.78, 5) is 0. The van der Waals surface area contributed by atoms with Gasteiger partial charge < -0.3 is 0 Å². The van der Waals surface area contributed by atoms with Crippen LogP contribution in [0, 0.1) is 11.3 Å². The Bertz CT molecular complexity index is 547. The molecule has 2 aromatic rings. The van der Waals surface area contributed by atoms with E-state index < -0.39 is 0 Å². The highest BCUT2D eigenvalue weighted by molar-refractivity contribution is 5.32. The summed E-state index contributed by atoms with van der Waals surface area (Å²) in [5, 5.41) is 13.2. The topological polar surface area (TPSA) is 41.6 Å². The summed E-state index contributed by atoms with van der Waals surface area (Å²) < 4.78 is 1.91. The summed E-state index contributed by atoms with van der Waals surface area (Å²) >= 11 is 0. The van der Waals surface area contributed by atoms with Gasteiger partial charge in [-0.25, -0.2) is 0 Å². The first-order valence-corrected chi connectivity index (χ1v) is 5.70. The van der Waals surface area contributed by atoms with Gasteiger partial charge in [0, 0.05) is 6.20 Å². The molecule has 0 unspecified atom stereocenters. The van der Waals surface area contributed by atoms with Gasteiger partial charge in [-0.15, -0.1) is 0 Å². The van der Waals surface area contributed by atoms with E-state index in [9.17, 15) is 0 Å². The summed E-state index contributed by atoms with van der Waals surface area (Å²) in [5.41, 5.74) is 3.03. The first-order valence-electron chi connectivity index (χ1n) is 5.70. The third-order valence-corrected chi connectivity index (χ3v) is 2.72. The van der Waals surface area contributed by atoms with Crippen LogP contribution in [0.2, 0.25) is 0 Å². The normalized spacial score (nSPS) is 10.5. The van der Waals surface area contributed by atoms with Crippen LogP contribution in [0.15, 0.2) is 36.7 Å². The molecule has 1 heterocycles. The van der Waals surface area contributed by atoms with Crippen molar-refractivity contribution in [2.75, 3.05) is 0 Å². The zero-order valence-corrected chi connectivity index (χ0v) is 10.1. The number of benzene rings is 1. The van der Waals surface area contributed by atoms with Crippen molar-refractivity contribution >= 4 is 0 Å². The zero-order valence-electron chi connectivity index (χ0n) is 10.1. The standard InChI is InChI=1S/C14H15N3/c1-11(2)14-8-16-17(10-14)9-13-5-3-4-12(6-13)7-15/h3-6,8,10-11H,9H2,1-2H3. The lowest BCUT2D eigenvalue weighted by Gasteiger charge is -2.02. The maximum atomic E-state index is 8.83. The summed E-state index contributed by atoms with van der Waals surface area (Å²) in [5.74, 6) is 0.495. The van der Waals surface area contributed by atoms with Crippen LogP contribution >= 0.6 is 0 Å². The predicted octanol–water partition coefficient (Wildman–Crippen LogP) is 2.93. The minimum Gasteiger partial charge on any atom is -0.268 e. The maximum absolute atomic E-state index is 8.83. The van der Waals surface area contributed by atoms with E-state index in [0.717, 1.165) is 5.56 Å². The lowest BCUT2D eigenvalue weighted by molar-refractivity contribution is 0.685. The molecule has 0 saturated carbocycles. The third kappa shape index (κ3) is 2.73. The minimum absolute atomic E-state index is 0.495. The molecule has 0 fully saturated rings. The summed E-state index contributed by atoms with van der Waals surface area (Å²) in [7, 11) is 0. The molecule has 0 bridgehead atoms. The number of hydrogen-bond donors (Lipinski definition) is 0. The quantitative estimate of drug-likeness (QED) is 0.806. The largest absolute Gasteiger partial charge is 0.268 e. The van der Waals surface area contributed by atoms with Crippen LogP contribution in [0.25, 0.3) is 0 Å². The molecule has 0 spiro atoms. The molecule has 1 aromatic carbocycles. The van der Waals surface area contributed by atoms with E-state index in [4.69, 9.17) is 5.26 Å². The fourth-order valence-electron chi connectivity index (χ4n) is 1.69. The Balaban J connectivity index is 2.17. The Morgan fingerprint density at radius 3 is 2.88 bits per heavy atom. The number of aromatic nitrogens is 2. The van der Waals surface area contributed by atoms with Crippen molar-refractivity contribution in [3.63, 3.8) is 0 Å². The molecule has 0 atom stereocenters. The minimum atomic E-state index is 0.495. The van der Waals surface area contributed by atoms with Crippen molar-refractivity contribution in [2.24, 2.45) is 0 Å². The molecule has 0 radical (unpaired) electrons. The molecule has 0 amide bonds. The summed E-state index contributed by atoms with van der Waals surface area (Å²) in [6, 6.07) is 9.77. The van der Waals surface area contributed by atoms with Gasteiger partial charge >= 0.3 is 0 Å². The van der Waals surface area contributed by atoms with Gasteiger partial charge in [0.25, 0.3) is 0 Å². The van der Waals surface area contributed by atoms with E-state index in [0.29, 0.717) is 18.0 Å². The number of nitriles is 1. The Hall–Kier alpha value is -2.08. The van der Waals surface area contributed by atoms with Gasteiger partial charge in [-0.2, -0.15) is 10.4 Å². The van der Waals surface area contributed by atoms with E-state index in [-0.39, 0.29) is 0 Å². The lowest BCUT2D eigenvalue weighted by atomic mass is 10.1. The first-order chi connectivity index (χ1) is 8.19. The Morgan fingerprint density at radius 2 is 2.24 bits per heavy atom. The maximum Gasteiger partial charge on any atom is 0.0991 e. The Labute approximate surface area is 101 Å². The molecule has 1 aromatic heterocycles. The van der Waals surface area contributed by atoms with E-state index in [1.165, 1.54) is 5.56 Å². The van der Waals surface area contributed by atoms with Crippen molar-refractivity contribution in [3.8, 4) is 6.07 Å². The van der Waals surface area contributed by atoms with Crippen molar-refractivity contribution in [2.45, 2.75) is 26.3 Å². The van der Waals surface area contributed by atoms with Crippen LogP contribution in [0.4, 0.5) is 0 Å². The summed E-state index contributed by atoms with van der Waals surface area (Å²) in [6.07, 6.45) is 3.96. The number of rotatable bonds is 3. The van der Waals surface area contributed by atoms with Crippen molar-refractivity contribution in [3.05, 3.63) is 53.3 Å². The van der Waals surface area contributed by atoms with E-state index in [1.54, 1.807) is 0 Å². The van der Waals surface area contributed by atoms with Gasteiger partial charge in [-0.3, -0.25) is 4.68 Å². The van der Waals surface area contributed by atoms with Crippen molar-refractivity contribution < 1.29 is 0 Å². The molecule has 17 heavy (non-hydrogen) atoms. The van der Waals surface area contributed by atoms with Gasteiger partial charge in [0.15, 0.2) is 0 Å². The highest BCUT2D eigenvalue weighted by Crippen LogP contribution is 2.13. The molecule has 0 aliphatic rings. The lowest BCUT2D eigenvalue weighted by Crippen LogP contribution is -2.00. The molecule has 0 aliphatic carbocycles. The third-order valence-electron chi connectivity index (χ3n) is 2.72. The van der Waals surface area contributed by atoms with E-state index in [2.05, 4.69) is 31.2 Å². The fourth-order valence-corrected chi connectivity index (χ4v) is 1.69. The zero-order chi connectivity index (χ0) is 12.3. The van der Waals surface area contributed by atoms with Gasteiger partial charge in [0.2, 0.25) is 0 Å². The molecular weight excluding hydrogens is 210 g/mol. The van der Waals surface area contributed by atoms with Crippen LogP contribution < -0.4 is 0 Å². The van der Waals surface area contributed by atoms with Crippen molar-refractivity contribution in [1.29, 1.82) is 5.26 Å². The molecule has 0 aliphatic heterocycles. The first kappa shape index (κ1) is 11.4. The van der Waals surface area contributed by atoms with Crippen molar-refractivity contribution in [1.82, 2.24) is 9.78 Å². The Kier molecular flexibility index (Phi) is 3.24. The highest BCUT2D eigenvalue weighted by atomic mass is 15.3. The van der Waals surface area contributed by atoms with Crippen LogP contribution in [0.3, 0.4) is 0 Å². The molecule has 0 N–H and O–H groups in total. The van der Waals surface area contributed by atoms with E-state index >= 15 is 0 Å². The molecular formula is C14H15N3. The highest BCUT2D eigenvalue weighted by Gasteiger charge is 2.03. The molecule has 0 saturated heterocycles. The smallest absolute Gasteiger partial charge is 0.0991 e. The molecule has 86 valence electrons. The predicted molar refractivity (Wildman–Crippen MR) is 66.6 cm³/mol. The van der Waals surface area contributed by atoms with Crippen LogP contribution in [0.1, 0.15) is 36.5 Å². The average Bonchev–Trinajstić information content (AvgIpc) is 2.78. The van der Waals surface area contributed by atoms with Gasteiger partial charge in [-0.1, -0.05) is 26.0 Å². The summed E-state index contributed by atoms with van der Waals surface area (Å²) in [6.45, 7) is 5.01. The molecule has 3 heteroatoms. The van der Waals surface area contributed by atoms with Gasteiger partial charge in [-0.05, 0) is 29.2 Å². The molecule has 2 rings (SSSR count). The molecule has 3 nitrogen and oxygen atoms in total. The SMILES string of the molecule is CC(C)c1cnn(Cc2cccc(C#N)c2)c1. The second-order valence-corrected chi connectivity index (χ2v) is 4.44. The van der Waals surface area contributed by atoms with Crippen LogP contribution in [-0.4, -0.2) is 9.78 Å². The van der Waals surface area contributed by atoms with Gasteiger partial charge in [0.05, 0.1) is 24.4 Å². The van der Waals surface area contributed by atoms with Crippen LogP contribution in [-0.2, 0) is 6.54 Å². The second kappa shape index (κ2) is 4.84. The monoisotopic (exact) mass is 225 g/mol. The average molecular weight is 225 g/mol. The number of nitrogens with zero attached hydrogens (tertiary/aromatic N) is 3.